The van der Waals surface area contributed by atoms with E-state index in [1.807, 2.05) is 11.0 Å². The summed E-state index contributed by atoms with van der Waals surface area (Å²) in [6.45, 7) is 9.06. The van der Waals surface area contributed by atoms with Gasteiger partial charge in [-0.25, -0.2) is 0 Å². The molecule has 1 aromatic rings. The number of carbonyl (C=O) groups excluding carboxylic acids is 1. The summed E-state index contributed by atoms with van der Waals surface area (Å²) in [6.07, 6.45) is 2.12. The zero-order valence-corrected chi connectivity index (χ0v) is 12.6. The molecule has 1 amide bonds. The zero-order valence-electron chi connectivity index (χ0n) is 12.6. The first kappa shape index (κ1) is 14.8. The molecular weight excluding hydrogens is 252 g/mol. The van der Waals surface area contributed by atoms with Crippen LogP contribution in [-0.2, 0) is 0 Å². The molecular formula is C15H24N4O. The molecule has 1 aliphatic rings. The molecule has 20 heavy (non-hydrogen) atoms. The number of amides is 1. The molecule has 2 heterocycles. The molecule has 1 aromatic heterocycles. The highest BCUT2D eigenvalue weighted by molar-refractivity contribution is 5.92. The molecule has 1 saturated heterocycles. The molecule has 0 aliphatic carbocycles. The van der Waals surface area contributed by atoms with Crippen LogP contribution in [-0.4, -0.2) is 40.6 Å². The fourth-order valence-electron chi connectivity index (χ4n) is 2.47. The monoisotopic (exact) mass is 276 g/mol. The van der Waals surface area contributed by atoms with Crippen LogP contribution in [0.3, 0.4) is 0 Å². The smallest absolute Gasteiger partial charge is 0.274 e. The van der Waals surface area contributed by atoms with Crippen LogP contribution in [0.15, 0.2) is 12.1 Å². The Morgan fingerprint density at radius 2 is 2.25 bits per heavy atom. The van der Waals surface area contributed by atoms with Gasteiger partial charge in [0, 0.05) is 19.6 Å². The lowest BCUT2D eigenvalue weighted by Gasteiger charge is -2.17. The van der Waals surface area contributed by atoms with E-state index in [-0.39, 0.29) is 5.91 Å². The van der Waals surface area contributed by atoms with Crippen molar-refractivity contribution in [3.8, 4) is 0 Å². The topological polar surface area (TPSA) is 58.1 Å². The second-order valence-corrected chi connectivity index (χ2v) is 5.77. The third-order valence-corrected chi connectivity index (χ3v) is 3.89. The highest BCUT2D eigenvalue weighted by atomic mass is 16.2. The third kappa shape index (κ3) is 3.46. The van der Waals surface area contributed by atoms with Gasteiger partial charge in [-0.2, -0.15) is 0 Å². The quantitative estimate of drug-likeness (QED) is 0.897. The highest BCUT2D eigenvalue weighted by Crippen LogP contribution is 2.24. The fourth-order valence-corrected chi connectivity index (χ4v) is 2.47. The summed E-state index contributed by atoms with van der Waals surface area (Å²) < 4.78 is 0. The van der Waals surface area contributed by atoms with Crippen LogP contribution in [0.4, 0.5) is 5.82 Å². The Bertz CT molecular complexity index is 444. The Labute approximate surface area is 120 Å². The minimum atomic E-state index is 0.00249. The van der Waals surface area contributed by atoms with E-state index >= 15 is 0 Å². The molecule has 1 aliphatic heterocycles. The van der Waals surface area contributed by atoms with Crippen molar-refractivity contribution in [2.45, 2.75) is 33.6 Å². The van der Waals surface area contributed by atoms with E-state index in [2.05, 4.69) is 36.3 Å². The van der Waals surface area contributed by atoms with Crippen molar-refractivity contribution in [2.75, 3.05) is 25.0 Å². The molecule has 0 saturated carbocycles. The van der Waals surface area contributed by atoms with Crippen molar-refractivity contribution in [1.82, 2.24) is 15.1 Å². The fraction of sp³-hybridized carbons (Fsp3) is 0.667. The van der Waals surface area contributed by atoms with Crippen molar-refractivity contribution in [1.29, 1.82) is 0 Å². The Hall–Kier alpha value is -1.65. The second kappa shape index (κ2) is 6.68. The number of hydrogen-bond acceptors (Lipinski definition) is 4. The van der Waals surface area contributed by atoms with E-state index < -0.39 is 0 Å². The second-order valence-electron chi connectivity index (χ2n) is 5.77. The molecule has 5 heteroatoms. The van der Waals surface area contributed by atoms with Gasteiger partial charge in [0.15, 0.2) is 5.69 Å². The molecule has 1 fully saturated rings. The molecule has 2 rings (SSSR count). The van der Waals surface area contributed by atoms with Crippen molar-refractivity contribution < 1.29 is 4.79 Å². The summed E-state index contributed by atoms with van der Waals surface area (Å²) in [7, 11) is 0. The largest absolute Gasteiger partial charge is 0.369 e. The van der Waals surface area contributed by atoms with Gasteiger partial charge >= 0.3 is 0 Å². The van der Waals surface area contributed by atoms with Crippen LogP contribution >= 0.6 is 0 Å². The van der Waals surface area contributed by atoms with Gasteiger partial charge in [0.05, 0.1) is 0 Å². The van der Waals surface area contributed by atoms with Gasteiger partial charge in [-0.15, -0.1) is 10.2 Å². The maximum atomic E-state index is 12.3. The van der Waals surface area contributed by atoms with Crippen molar-refractivity contribution >= 4 is 11.7 Å². The van der Waals surface area contributed by atoms with Crippen LogP contribution in [0.1, 0.15) is 44.1 Å². The van der Waals surface area contributed by atoms with E-state index in [9.17, 15) is 4.79 Å². The van der Waals surface area contributed by atoms with E-state index in [0.29, 0.717) is 17.5 Å². The summed E-state index contributed by atoms with van der Waals surface area (Å²) in [5.41, 5.74) is 0.441. The Morgan fingerprint density at radius 1 is 1.45 bits per heavy atom. The summed E-state index contributed by atoms with van der Waals surface area (Å²) in [5.74, 6) is 1.96. The summed E-state index contributed by atoms with van der Waals surface area (Å²) in [5, 5.41) is 11.2. The Morgan fingerprint density at radius 3 is 2.80 bits per heavy atom. The normalized spacial score (nSPS) is 18.6. The van der Waals surface area contributed by atoms with Gasteiger partial charge < -0.3 is 10.2 Å². The van der Waals surface area contributed by atoms with E-state index in [1.54, 1.807) is 6.07 Å². The highest BCUT2D eigenvalue weighted by Gasteiger charge is 2.29. The molecule has 0 spiro atoms. The lowest BCUT2D eigenvalue weighted by atomic mass is 9.95. The Balaban J connectivity index is 1.96. The summed E-state index contributed by atoms with van der Waals surface area (Å²) in [6, 6.07) is 3.59. The average Bonchev–Trinajstić information content (AvgIpc) is 2.95. The van der Waals surface area contributed by atoms with Crippen molar-refractivity contribution in [3.05, 3.63) is 17.8 Å². The number of anilines is 1. The molecule has 5 nitrogen and oxygen atoms in total. The third-order valence-electron chi connectivity index (χ3n) is 3.89. The number of hydrogen-bond donors (Lipinski definition) is 1. The average molecular weight is 276 g/mol. The molecule has 1 unspecified atom stereocenters. The van der Waals surface area contributed by atoms with Gasteiger partial charge in [-0.1, -0.05) is 20.8 Å². The maximum Gasteiger partial charge on any atom is 0.274 e. The predicted octanol–water partition coefficient (Wildman–Crippen LogP) is 2.42. The van der Waals surface area contributed by atoms with Crippen LogP contribution < -0.4 is 5.32 Å². The minimum Gasteiger partial charge on any atom is -0.369 e. The number of aromatic nitrogens is 2. The van der Waals surface area contributed by atoms with E-state index in [1.165, 1.54) is 0 Å². The first-order valence-electron chi connectivity index (χ1n) is 7.48. The van der Waals surface area contributed by atoms with Crippen molar-refractivity contribution in [2.24, 2.45) is 11.8 Å². The number of nitrogens with one attached hydrogen (secondary N) is 1. The number of rotatable bonds is 5. The molecule has 0 bridgehead atoms. The first-order valence-corrected chi connectivity index (χ1v) is 7.48. The van der Waals surface area contributed by atoms with Crippen LogP contribution in [0.5, 0.6) is 0 Å². The summed E-state index contributed by atoms with van der Waals surface area (Å²) >= 11 is 0. The molecule has 1 atom stereocenters. The van der Waals surface area contributed by atoms with Crippen LogP contribution in [0.2, 0.25) is 0 Å². The standard InChI is InChI=1S/C15H24N4O/c1-4-8-16-14-6-5-13(17-18-14)15(20)19-9-7-12(10-19)11(2)3/h5-6,11-12H,4,7-10H2,1-3H3,(H,16,18). The van der Waals surface area contributed by atoms with E-state index in [4.69, 9.17) is 0 Å². The number of nitrogens with zero attached hydrogens (tertiary/aromatic N) is 3. The number of carbonyl (C=O) groups is 1. The predicted molar refractivity (Wildman–Crippen MR) is 79.7 cm³/mol. The minimum absolute atomic E-state index is 0.00249. The van der Waals surface area contributed by atoms with E-state index in [0.717, 1.165) is 38.3 Å². The first-order chi connectivity index (χ1) is 9.61. The van der Waals surface area contributed by atoms with Crippen molar-refractivity contribution in [3.63, 3.8) is 0 Å². The molecule has 110 valence electrons. The number of likely N-dealkylation sites (tertiary alicyclic amines) is 1. The molecule has 1 N–H and O–H groups in total. The van der Waals surface area contributed by atoms with Gasteiger partial charge in [0.25, 0.3) is 5.91 Å². The van der Waals surface area contributed by atoms with Gasteiger partial charge in [-0.3, -0.25) is 4.79 Å². The van der Waals surface area contributed by atoms with Gasteiger partial charge in [0.2, 0.25) is 0 Å². The molecule has 0 radical (unpaired) electrons. The van der Waals surface area contributed by atoms with Gasteiger partial charge in [-0.05, 0) is 36.8 Å². The summed E-state index contributed by atoms with van der Waals surface area (Å²) in [4.78, 5) is 14.2. The lowest BCUT2D eigenvalue weighted by Crippen LogP contribution is -2.30. The maximum absolute atomic E-state index is 12.3. The molecule has 0 aromatic carbocycles. The SMILES string of the molecule is CCCNc1ccc(C(=O)N2CCC(C(C)C)C2)nn1. The Kier molecular flexibility index (Phi) is 4.93. The van der Waals surface area contributed by atoms with Crippen LogP contribution in [0.25, 0.3) is 0 Å². The lowest BCUT2D eigenvalue weighted by molar-refractivity contribution is 0.0777. The van der Waals surface area contributed by atoms with Crippen LogP contribution in [0, 0.1) is 11.8 Å². The zero-order chi connectivity index (χ0) is 14.5. The van der Waals surface area contributed by atoms with Gasteiger partial charge in [0.1, 0.15) is 5.82 Å².